The molecule has 0 radical (unpaired) electrons. The molecule has 5 nitrogen and oxygen atoms in total. The Bertz CT molecular complexity index is 2890. The van der Waals surface area contributed by atoms with Gasteiger partial charge in [0.1, 0.15) is 0 Å². The first-order valence-electron chi connectivity index (χ1n) is 18.2. The van der Waals surface area contributed by atoms with Crippen LogP contribution in [0.5, 0.6) is 0 Å². The minimum Gasteiger partial charge on any atom is -0.309 e. The summed E-state index contributed by atoms with van der Waals surface area (Å²) in [6.45, 7) is 0. The highest BCUT2D eigenvalue weighted by Gasteiger charge is 2.25. The number of para-hydroxylation sites is 3. The van der Waals surface area contributed by atoms with Gasteiger partial charge in [-0.2, -0.15) is 9.97 Å². The van der Waals surface area contributed by atoms with E-state index < -0.39 is 18.1 Å². The molecule has 0 fully saturated rings. The molecule has 224 valence electrons. The summed E-state index contributed by atoms with van der Waals surface area (Å²) >= 11 is 0. The summed E-state index contributed by atoms with van der Waals surface area (Å²) in [7, 11) is 0. The zero-order valence-corrected chi connectivity index (χ0v) is 25.4. The van der Waals surface area contributed by atoms with Crippen molar-refractivity contribution in [3.63, 3.8) is 0 Å². The van der Waals surface area contributed by atoms with E-state index >= 15 is 0 Å². The van der Waals surface area contributed by atoms with Gasteiger partial charge in [0.25, 0.3) is 0 Å². The van der Waals surface area contributed by atoms with Crippen LogP contribution in [0.25, 0.3) is 72.4 Å². The van der Waals surface area contributed by atoms with Gasteiger partial charge in [-0.1, -0.05) is 115 Å². The van der Waals surface area contributed by atoms with E-state index in [-0.39, 0.29) is 29.4 Å². The van der Waals surface area contributed by atoms with E-state index in [2.05, 4.69) is 65.6 Å². The predicted molar refractivity (Wildman–Crippen MR) is 196 cm³/mol. The van der Waals surface area contributed by atoms with Gasteiger partial charge < -0.3 is 4.90 Å². The van der Waals surface area contributed by atoms with E-state index in [1.165, 1.54) is 16.3 Å². The fourth-order valence-electron chi connectivity index (χ4n) is 7.00. The van der Waals surface area contributed by atoms with Crippen molar-refractivity contribution >= 4 is 49.6 Å². The number of aromatic nitrogens is 4. The molecule has 10 rings (SSSR count). The Kier molecular flexibility index (Phi) is 4.81. The molecular formula is C43H27N5. The summed E-state index contributed by atoms with van der Waals surface area (Å²) in [4.78, 5) is 16.9. The van der Waals surface area contributed by atoms with Gasteiger partial charge in [-0.3, -0.25) is 4.57 Å². The van der Waals surface area contributed by atoms with Crippen LogP contribution in [-0.4, -0.2) is 19.5 Å². The van der Waals surface area contributed by atoms with Crippen molar-refractivity contribution in [1.29, 1.82) is 0 Å². The fourth-order valence-corrected chi connectivity index (χ4v) is 7.00. The molecule has 0 saturated heterocycles. The van der Waals surface area contributed by atoms with Gasteiger partial charge in [-0.05, 0) is 59.5 Å². The van der Waals surface area contributed by atoms with Crippen LogP contribution < -0.4 is 4.90 Å². The van der Waals surface area contributed by atoms with E-state index in [1.807, 2.05) is 77.4 Å². The highest BCUT2D eigenvalue weighted by atomic mass is 15.2. The Morgan fingerprint density at radius 3 is 1.83 bits per heavy atom. The first kappa shape index (κ1) is 22.0. The maximum atomic E-state index is 8.77. The predicted octanol–water partition coefficient (Wildman–Crippen LogP) is 10.9. The smallest absolute Gasteiger partial charge is 0.238 e. The number of rotatable bonds is 4. The van der Waals surface area contributed by atoms with Gasteiger partial charge in [-0.25, -0.2) is 4.98 Å². The molecule has 0 atom stereocenters. The first-order valence-corrected chi connectivity index (χ1v) is 15.7. The number of anilines is 3. The molecule has 0 N–H and O–H groups in total. The maximum Gasteiger partial charge on any atom is 0.238 e. The van der Waals surface area contributed by atoms with Crippen molar-refractivity contribution in [2.75, 3.05) is 4.90 Å². The molecule has 0 aliphatic carbocycles. The summed E-state index contributed by atoms with van der Waals surface area (Å²) in [5.41, 5.74) is 7.78. The number of benzene rings is 7. The molecule has 9 aromatic rings. The van der Waals surface area contributed by atoms with Crippen LogP contribution in [0.3, 0.4) is 0 Å². The summed E-state index contributed by atoms with van der Waals surface area (Å²) in [6.07, 6.45) is 0. The van der Waals surface area contributed by atoms with Gasteiger partial charge in [0, 0.05) is 38.5 Å². The molecule has 3 heterocycles. The SMILES string of the molecule is [2H]c1c([2H])c([2H])c(-c2nc(-c3ccc(N4c5ccccc5-c5cccc6cccc4c56)cc3)nc(-n3c4ccccc4c4ccccc43)n2)c([2H])c1[2H]. The van der Waals surface area contributed by atoms with Crippen molar-refractivity contribution < 1.29 is 6.85 Å². The molecule has 5 heteroatoms. The number of nitrogens with zero attached hydrogens (tertiary/aromatic N) is 5. The second-order valence-electron chi connectivity index (χ2n) is 11.7. The average molecular weight is 619 g/mol. The maximum absolute atomic E-state index is 8.77. The number of hydrogen-bond donors (Lipinski definition) is 0. The average Bonchev–Trinajstić information content (AvgIpc) is 3.54. The quantitative estimate of drug-likeness (QED) is 0.197. The molecule has 0 spiro atoms. The van der Waals surface area contributed by atoms with Crippen LogP contribution in [0, 0.1) is 0 Å². The number of fused-ring (bicyclic) bond motifs is 5. The van der Waals surface area contributed by atoms with Crippen molar-refractivity contribution in [1.82, 2.24) is 19.5 Å². The molecule has 1 aliphatic heterocycles. The standard InChI is InChI=1S/C43H27N5/c1-2-12-29(13-3-1)41-44-42(46-43(45-41)48-37-21-8-4-16-32(37)33-17-5-9-22-38(33)48)30-24-26-31(27-25-30)47-36-20-7-6-18-34(36)35-19-10-14-28-15-11-23-39(47)40(28)35/h1-27H/i1D,2D,3D,12D,13D. The first-order chi connectivity index (χ1) is 25.9. The third-order valence-corrected chi connectivity index (χ3v) is 9.07. The molecule has 0 bridgehead atoms. The van der Waals surface area contributed by atoms with Crippen LogP contribution >= 0.6 is 0 Å². The van der Waals surface area contributed by atoms with Crippen LogP contribution in [0.2, 0.25) is 0 Å². The topological polar surface area (TPSA) is 46.8 Å². The van der Waals surface area contributed by atoms with Crippen molar-refractivity contribution in [3.05, 3.63) is 164 Å². The largest absolute Gasteiger partial charge is 0.309 e. The number of hydrogen-bond acceptors (Lipinski definition) is 4. The molecule has 0 unspecified atom stereocenters. The Labute approximate surface area is 284 Å². The molecule has 1 aliphatic rings. The van der Waals surface area contributed by atoms with E-state index in [9.17, 15) is 0 Å². The minimum atomic E-state index is -0.478. The van der Waals surface area contributed by atoms with Crippen molar-refractivity contribution in [2.45, 2.75) is 0 Å². The zero-order valence-electron chi connectivity index (χ0n) is 30.4. The highest BCUT2D eigenvalue weighted by Crippen LogP contribution is 2.50. The summed E-state index contributed by atoms with van der Waals surface area (Å²) in [5.74, 6) is 0.560. The minimum absolute atomic E-state index is 0.0128. The Balaban J connectivity index is 1.19. The molecule has 7 aromatic carbocycles. The van der Waals surface area contributed by atoms with Gasteiger partial charge >= 0.3 is 0 Å². The van der Waals surface area contributed by atoms with Crippen molar-refractivity contribution in [2.24, 2.45) is 0 Å². The molecular weight excluding hydrogens is 587 g/mol. The van der Waals surface area contributed by atoms with Crippen LogP contribution in [0.1, 0.15) is 6.85 Å². The van der Waals surface area contributed by atoms with Crippen LogP contribution in [-0.2, 0) is 0 Å². The third kappa shape index (κ3) is 4.01. The second kappa shape index (κ2) is 10.5. The molecule has 2 aromatic heterocycles. The van der Waals surface area contributed by atoms with Gasteiger partial charge in [0.15, 0.2) is 11.6 Å². The van der Waals surface area contributed by atoms with E-state index in [1.54, 1.807) is 0 Å². The second-order valence-corrected chi connectivity index (χ2v) is 11.7. The summed E-state index contributed by atoms with van der Waals surface area (Å²) < 4.78 is 44.4. The zero-order chi connectivity index (χ0) is 36.0. The third-order valence-electron chi connectivity index (χ3n) is 9.07. The monoisotopic (exact) mass is 618 g/mol. The summed E-state index contributed by atoms with van der Waals surface area (Å²) in [6, 6.07) is 43.0. The van der Waals surface area contributed by atoms with Crippen LogP contribution in [0.15, 0.2) is 164 Å². The van der Waals surface area contributed by atoms with E-state index in [0.29, 0.717) is 11.4 Å². The summed E-state index contributed by atoms with van der Waals surface area (Å²) in [5, 5.41) is 4.38. The van der Waals surface area contributed by atoms with Crippen LogP contribution in [0.4, 0.5) is 17.1 Å². The lowest BCUT2D eigenvalue weighted by molar-refractivity contribution is 0.953. The van der Waals surface area contributed by atoms with Crippen molar-refractivity contribution in [3.8, 4) is 39.9 Å². The highest BCUT2D eigenvalue weighted by molar-refractivity contribution is 6.13. The van der Waals surface area contributed by atoms with E-state index in [4.69, 9.17) is 21.8 Å². The Morgan fingerprint density at radius 1 is 0.479 bits per heavy atom. The molecule has 0 saturated carbocycles. The normalized spacial score (nSPS) is 13.6. The lowest BCUT2D eigenvalue weighted by atomic mass is 9.91. The van der Waals surface area contributed by atoms with Gasteiger partial charge in [0.05, 0.1) is 29.3 Å². The fraction of sp³-hybridized carbons (Fsp3) is 0. The lowest BCUT2D eigenvalue weighted by Crippen LogP contribution is -2.14. The molecule has 48 heavy (non-hydrogen) atoms. The van der Waals surface area contributed by atoms with E-state index in [0.717, 1.165) is 44.4 Å². The Hall–Kier alpha value is -6.59. The van der Waals surface area contributed by atoms with Gasteiger partial charge in [-0.15, -0.1) is 0 Å². The van der Waals surface area contributed by atoms with Gasteiger partial charge in [0.2, 0.25) is 5.95 Å². The lowest BCUT2D eigenvalue weighted by Gasteiger charge is -2.33. The molecule has 0 amide bonds. The Morgan fingerprint density at radius 2 is 1.08 bits per heavy atom.